The maximum absolute atomic E-state index is 10.6. The minimum absolute atomic E-state index is 0.335. The zero-order valence-corrected chi connectivity index (χ0v) is 10.4. The van der Waals surface area contributed by atoms with Gasteiger partial charge in [0.2, 0.25) is 0 Å². The van der Waals surface area contributed by atoms with Crippen LogP contribution in [0.5, 0.6) is 0 Å². The molecule has 0 saturated heterocycles. The zero-order chi connectivity index (χ0) is 13.7. The second-order valence-corrected chi connectivity index (χ2v) is 2.99. The number of carbonyl (C=O) groups excluding carboxylic acids is 2. The van der Waals surface area contributed by atoms with E-state index in [1.165, 1.54) is 0 Å². The zero-order valence-electron chi connectivity index (χ0n) is 10.4. The van der Waals surface area contributed by atoms with Crippen LogP contribution in [0.1, 0.15) is 19.8 Å². The van der Waals surface area contributed by atoms with Crippen molar-refractivity contribution in [1.82, 2.24) is 0 Å². The SMILES string of the molecule is [CH2]CCOC(=O)C(=C)C.[CH2]CCOC(=O)C=C. The van der Waals surface area contributed by atoms with Crippen molar-refractivity contribution in [2.45, 2.75) is 19.8 Å². The van der Waals surface area contributed by atoms with Crippen LogP contribution >= 0.6 is 0 Å². The van der Waals surface area contributed by atoms with E-state index in [9.17, 15) is 9.59 Å². The predicted molar refractivity (Wildman–Crippen MR) is 66.9 cm³/mol. The lowest BCUT2D eigenvalue weighted by molar-refractivity contribution is -0.139. The van der Waals surface area contributed by atoms with E-state index in [4.69, 9.17) is 0 Å². The smallest absolute Gasteiger partial charge is 0.333 e. The van der Waals surface area contributed by atoms with E-state index in [2.05, 4.69) is 36.5 Å². The first-order valence-electron chi connectivity index (χ1n) is 5.19. The van der Waals surface area contributed by atoms with E-state index in [0.717, 1.165) is 6.08 Å². The molecule has 96 valence electrons. The van der Waals surface area contributed by atoms with Gasteiger partial charge < -0.3 is 9.47 Å². The summed E-state index contributed by atoms with van der Waals surface area (Å²) in [6, 6.07) is 0. The monoisotopic (exact) mass is 240 g/mol. The van der Waals surface area contributed by atoms with E-state index in [1.54, 1.807) is 6.92 Å². The van der Waals surface area contributed by atoms with Crippen molar-refractivity contribution >= 4 is 11.9 Å². The molecular weight excluding hydrogens is 220 g/mol. The summed E-state index contributed by atoms with van der Waals surface area (Å²) in [5.41, 5.74) is 0.434. The number of hydrogen-bond donors (Lipinski definition) is 0. The maximum atomic E-state index is 10.6. The Labute approximate surface area is 103 Å². The standard InChI is InChI=1S/C7H11O2.C6H9O2/c1-4-5-9-7(8)6(2)3;1-3-5-8-6(7)4-2/h1-2,4-5H2,3H3;4H,1-3,5H2. The van der Waals surface area contributed by atoms with Crippen LogP contribution in [0.2, 0.25) is 0 Å². The van der Waals surface area contributed by atoms with Crippen molar-refractivity contribution < 1.29 is 19.1 Å². The third kappa shape index (κ3) is 14.4. The molecule has 0 N–H and O–H groups in total. The van der Waals surface area contributed by atoms with Gasteiger partial charge in [-0.3, -0.25) is 0 Å². The lowest BCUT2D eigenvalue weighted by Crippen LogP contribution is -2.04. The Morgan fingerprint density at radius 1 is 1.12 bits per heavy atom. The molecule has 0 fully saturated rings. The van der Waals surface area contributed by atoms with Crippen molar-refractivity contribution in [2.24, 2.45) is 0 Å². The molecule has 0 saturated carbocycles. The Hall–Kier alpha value is -1.58. The van der Waals surface area contributed by atoms with Gasteiger partial charge in [0.15, 0.2) is 0 Å². The largest absolute Gasteiger partial charge is 0.463 e. The van der Waals surface area contributed by atoms with Crippen molar-refractivity contribution in [3.05, 3.63) is 38.7 Å². The van der Waals surface area contributed by atoms with Gasteiger partial charge in [-0.05, 0) is 33.6 Å². The van der Waals surface area contributed by atoms with Crippen LogP contribution in [0.4, 0.5) is 0 Å². The van der Waals surface area contributed by atoms with Crippen LogP contribution in [0.25, 0.3) is 0 Å². The minimum atomic E-state index is -0.381. The van der Waals surface area contributed by atoms with Crippen LogP contribution < -0.4 is 0 Å². The molecule has 0 unspecified atom stereocenters. The summed E-state index contributed by atoms with van der Waals surface area (Å²) in [5.74, 6) is -0.715. The first-order valence-corrected chi connectivity index (χ1v) is 5.19. The van der Waals surface area contributed by atoms with Gasteiger partial charge in [0.25, 0.3) is 0 Å². The third-order valence-electron chi connectivity index (χ3n) is 1.28. The molecule has 0 amide bonds. The first-order chi connectivity index (χ1) is 7.99. The normalized spacial score (nSPS) is 8.41. The van der Waals surface area contributed by atoms with Crippen molar-refractivity contribution in [2.75, 3.05) is 13.2 Å². The summed E-state index contributed by atoms with van der Waals surface area (Å²) in [5, 5.41) is 0. The van der Waals surface area contributed by atoms with Crippen LogP contribution in [-0.2, 0) is 19.1 Å². The topological polar surface area (TPSA) is 52.6 Å². The van der Waals surface area contributed by atoms with Gasteiger partial charge in [-0.1, -0.05) is 13.2 Å². The number of carbonyl (C=O) groups is 2. The minimum Gasteiger partial charge on any atom is -0.463 e. The van der Waals surface area contributed by atoms with Crippen molar-refractivity contribution in [3.8, 4) is 0 Å². The number of esters is 2. The van der Waals surface area contributed by atoms with Crippen LogP contribution in [0.3, 0.4) is 0 Å². The summed E-state index contributed by atoms with van der Waals surface area (Å²) < 4.78 is 9.17. The fourth-order valence-electron chi connectivity index (χ4n) is 0.520. The van der Waals surface area contributed by atoms with Gasteiger partial charge in [0.1, 0.15) is 0 Å². The lowest BCUT2D eigenvalue weighted by Gasteiger charge is -1.99. The molecule has 4 nitrogen and oxygen atoms in total. The predicted octanol–water partition coefficient (Wildman–Crippen LogP) is 2.27. The molecule has 0 aromatic rings. The highest BCUT2D eigenvalue weighted by atomic mass is 16.5. The molecule has 17 heavy (non-hydrogen) atoms. The summed E-state index contributed by atoms with van der Waals surface area (Å²) in [6.07, 6.45) is 2.36. The molecule has 0 aromatic heterocycles. The Morgan fingerprint density at radius 3 is 1.94 bits per heavy atom. The molecule has 0 heterocycles. The molecule has 2 radical (unpaired) electrons. The Morgan fingerprint density at radius 2 is 1.59 bits per heavy atom. The molecule has 0 bridgehead atoms. The van der Waals surface area contributed by atoms with Crippen LogP contribution in [0.15, 0.2) is 24.8 Å². The summed E-state index contributed by atoms with van der Waals surface area (Å²) >= 11 is 0. The highest BCUT2D eigenvalue weighted by Crippen LogP contribution is 1.91. The average Bonchev–Trinajstić information content (AvgIpc) is 2.33. The Balaban J connectivity index is 0. The lowest BCUT2D eigenvalue weighted by atomic mass is 10.4. The molecular formula is C13H20O4. The van der Waals surface area contributed by atoms with E-state index < -0.39 is 0 Å². The highest BCUT2D eigenvalue weighted by Gasteiger charge is 1.99. The molecule has 0 atom stereocenters. The summed E-state index contributed by atoms with van der Waals surface area (Å²) in [4.78, 5) is 20.8. The van der Waals surface area contributed by atoms with Gasteiger partial charge in [0.05, 0.1) is 13.2 Å². The molecule has 0 rings (SSSR count). The molecule has 0 aromatic carbocycles. The van der Waals surface area contributed by atoms with E-state index in [1.807, 2.05) is 0 Å². The molecule has 0 spiro atoms. The van der Waals surface area contributed by atoms with E-state index in [-0.39, 0.29) is 11.9 Å². The summed E-state index contributed by atoms with van der Waals surface area (Å²) in [6.45, 7) is 16.0. The molecule has 0 aliphatic rings. The van der Waals surface area contributed by atoms with Crippen molar-refractivity contribution in [1.29, 1.82) is 0 Å². The summed E-state index contributed by atoms with van der Waals surface area (Å²) in [7, 11) is 0. The van der Waals surface area contributed by atoms with E-state index in [0.29, 0.717) is 31.6 Å². The fraction of sp³-hybridized carbons (Fsp3) is 0.385. The fourth-order valence-corrected chi connectivity index (χ4v) is 0.520. The maximum Gasteiger partial charge on any atom is 0.333 e. The van der Waals surface area contributed by atoms with Gasteiger partial charge in [-0.2, -0.15) is 0 Å². The Kier molecular flexibility index (Phi) is 13.1. The molecule has 0 aliphatic heterocycles. The Bertz CT molecular complexity index is 256. The van der Waals surface area contributed by atoms with Crippen LogP contribution in [0, 0.1) is 13.8 Å². The molecule has 4 heteroatoms. The van der Waals surface area contributed by atoms with Gasteiger partial charge >= 0.3 is 11.9 Å². The van der Waals surface area contributed by atoms with Gasteiger partial charge in [-0.25, -0.2) is 9.59 Å². The van der Waals surface area contributed by atoms with Crippen molar-refractivity contribution in [3.63, 3.8) is 0 Å². The average molecular weight is 240 g/mol. The van der Waals surface area contributed by atoms with Gasteiger partial charge in [0, 0.05) is 11.6 Å². The number of ether oxygens (including phenoxy) is 2. The second-order valence-electron chi connectivity index (χ2n) is 2.99. The number of rotatable bonds is 6. The third-order valence-corrected chi connectivity index (χ3v) is 1.28. The van der Waals surface area contributed by atoms with Crippen LogP contribution in [-0.4, -0.2) is 25.2 Å². The highest BCUT2D eigenvalue weighted by molar-refractivity contribution is 5.86. The van der Waals surface area contributed by atoms with Gasteiger partial charge in [-0.15, -0.1) is 0 Å². The van der Waals surface area contributed by atoms with E-state index >= 15 is 0 Å². The first kappa shape index (κ1) is 17.8. The second kappa shape index (κ2) is 12.5. The quantitative estimate of drug-likeness (QED) is 0.528. The molecule has 0 aliphatic carbocycles. The number of hydrogen-bond acceptors (Lipinski definition) is 4.